The number of hydrogen-bond acceptors (Lipinski definition) is 3. The van der Waals surface area contributed by atoms with Crippen molar-refractivity contribution in [1.29, 1.82) is 0 Å². The summed E-state index contributed by atoms with van der Waals surface area (Å²) in [6.07, 6.45) is 1.13. The molecule has 2 heterocycles. The van der Waals surface area contributed by atoms with Crippen molar-refractivity contribution >= 4 is 11.8 Å². The van der Waals surface area contributed by atoms with E-state index in [0.29, 0.717) is 6.04 Å². The Balaban J connectivity index is 1.75. The second kappa shape index (κ2) is 7.83. The first kappa shape index (κ1) is 18.2. The Hall–Kier alpha value is -2.17. The number of rotatable bonds is 6. The van der Waals surface area contributed by atoms with E-state index in [0.717, 1.165) is 18.7 Å². The number of ether oxygens (including phenoxy) is 1. The molecule has 0 radical (unpaired) electrons. The SMILES string of the molecule is CCC(C)NCc1ccc2n1-c1ccccc1SC2c1ccc(OC)cc1. The molecule has 2 aromatic carbocycles. The number of para-hydroxylation sites is 1. The summed E-state index contributed by atoms with van der Waals surface area (Å²) in [7, 11) is 1.71. The number of fused-ring (bicyclic) bond motifs is 3. The predicted octanol–water partition coefficient (Wildman–Crippen LogP) is 5.57. The van der Waals surface area contributed by atoms with E-state index in [1.807, 2.05) is 11.8 Å². The van der Waals surface area contributed by atoms with Crippen molar-refractivity contribution in [3.8, 4) is 11.4 Å². The van der Waals surface area contributed by atoms with Crippen molar-refractivity contribution < 1.29 is 4.74 Å². The van der Waals surface area contributed by atoms with Gasteiger partial charge in [-0.1, -0.05) is 31.2 Å². The Morgan fingerprint density at radius 3 is 2.59 bits per heavy atom. The quantitative estimate of drug-likeness (QED) is 0.607. The number of methoxy groups -OCH3 is 1. The van der Waals surface area contributed by atoms with E-state index in [2.05, 4.69) is 84.4 Å². The van der Waals surface area contributed by atoms with Gasteiger partial charge in [-0.25, -0.2) is 0 Å². The van der Waals surface area contributed by atoms with E-state index < -0.39 is 0 Å². The number of aromatic nitrogens is 1. The molecule has 0 amide bonds. The van der Waals surface area contributed by atoms with Crippen LogP contribution in [0, 0.1) is 0 Å². The van der Waals surface area contributed by atoms with Gasteiger partial charge < -0.3 is 14.6 Å². The van der Waals surface area contributed by atoms with Crippen LogP contribution in [0.5, 0.6) is 5.75 Å². The lowest BCUT2D eigenvalue weighted by Crippen LogP contribution is -2.26. The highest BCUT2D eigenvalue weighted by Crippen LogP contribution is 2.48. The molecule has 4 heteroatoms. The van der Waals surface area contributed by atoms with Crippen molar-refractivity contribution in [2.45, 2.75) is 43.0 Å². The van der Waals surface area contributed by atoms with Gasteiger partial charge in [0, 0.05) is 28.9 Å². The topological polar surface area (TPSA) is 26.2 Å². The molecule has 1 N–H and O–H groups in total. The molecule has 1 aliphatic rings. The van der Waals surface area contributed by atoms with Crippen LogP contribution in [0.1, 0.15) is 42.5 Å². The Labute approximate surface area is 165 Å². The molecule has 0 spiro atoms. The number of hydrogen-bond donors (Lipinski definition) is 1. The fourth-order valence-corrected chi connectivity index (χ4v) is 4.79. The first-order chi connectivity index (χ1) is 13.2. The van der Waals surface area contributed by atoms with Gasteiger partial charge in [-0.15, -0.1) is 11.8 Å². The van der Waals surface area contributed by atoms with Crippen molar-refractivity contribution in [2.24, 2.45) is 0 Å². The summed E-state index contributed by atoms with van der Waals surface area (Å²) >= 11 is 1.93. The fourth-order valence-electron chi connectivity index (χ4n) is 3.50. The molecule has 3 aromatic rings. The van der Waals surface area contributed by atoms with E-state index in [4.69, 9.17) is 4.74 Å². The van der Waals surface area contributed by atoms with Gasteiger partial charge in [-0.2, -0.15) is 0 Å². The second-order valence-electron chi connectivity index (χ2n) is 7.01. The van der Waals surface area contributed by atoms with Crippen LogP contribution >= 0.6 is 11.8 Å². The minimum absolute atomic E-state index is 0.281. The third kappa shape index (κ3) is 3.52. The normalized spacial score (nSPS) is 16.5. The van der Waals surface area contributed by atoms with Crippen molar-refractivity contribution in [1.82, 2.24) is 9.88 Å². The number of nitrogens with zero attached hydrogens (tertiary/aromatic N) is 1. The third-order valence-electron chi connectivity index (χ3n) is 5.27. The highest BCUT2D eigenvalue weighted by molar-refractivity contribution is 8.00. The molecule has 1 aliphatic heterocycles. The van der Waals surface area contributed by atoms with Crippen molar-refractivity contribution in [2.75, 3.05) is 7.11 Å². The Kier molecular flexibility index (Phi) is 5.28. The van der Waals surface area contributed by atoms with Crippen molar-refractivity contribution in [3.05, 3.63) is 77.6 Å². The van der Waals surface area contributed by atoms with E-state index >= 15 is 0 Å². The first-order valence-corrected chi connectivity index (χ1v) is 10.4. The van der Waals surface area contributed by atoms with Gasteiger partial charge >= 0.3 is 0 Å². The summed E-state index contributed by atoms with van der Waals surface area (Å²) in [5.41, 5.74) is 5.24. The molecule has 140 valence electrons. The van der Waals surface area contributed by atoms with Crippen LogP contribution in [-0.2, 0) is 6.54 Å². The average Bonchev–Trinajstić information content (AvgIpc) is 3.16. The van der Waals surface area contributed by atoms with Gasteiger partial charge in [0.2, 0.25) is 0 Å². The summed E-state index contributed by atoms with van der Waals surface area (Å²) in [6, 6.07) is 22.2. The van der Waals surface area contributed by atoms with Gasteiger partial charge in [-0.3, -0.25) is 0 Å². The van der Waals surface area contributed by atoms with Crippen LogP contribution in [0.4, 0.5) is 0 Å². The molecule has 0 aliphatic carbocycles. The van der Waals surface area contributed by atoms with E-state index in [9.17, 15) is 0 Å². The molecule has 3 nitrogen and oxygen atoms in total. The lowest BCUT2D eigenvalue weighted by atomic mass is 10.1. The van der Waals surface area contributed by atoms with Gasteiger partial charge in [0.1, 0.15) is 5.75 Å². The molecule has 2 atom stereocenters. The summed E-state index contributed by atoms with van der Waals surface area (Å²) in [5.74, 6) is 0.897. The minimum Gasteiger partial charge on any atom is -0.497 e. The summed E-state index contributed by atoms with van der Waals surface area (Å²) in [4.78, 5) is 1.33. The molecule has 27 heavy (non-hydrogen) atoms. The van der Waals surface area contributed by atoms with Crippen LogP contribution < -0.4 is 10.1 Å². The van der Waals surface area contributed by atoms with Gasteiger partial charge in [0.05, 0.1) is 18.0 Å². The standard InChI is InChI=1S/C23H26N2OS/c1-4-16(2)24-15-18-11-14-21-23(17-9-12-19(26-3)13-10-17)27-22-8-6-5-7-20(22)25(18)21/h5-14,16,23-24H,4,15H2,1-3H3. The van der Waals surface area contributed by atoms with E-state index in [1.165, 1.54) is 27.5 Å². The molecule has 0 bridgehead atoms. The number of nitrogens with one attached hydrogen (secondary N) is 1. The zero-order chi connectivity index (χ0) is 18.8. The van der Waals surface area contributed by atoms with Crippen molar-refractivity contribution in [3.63, 3.8) is 0 Å². The molecule has 2 unspecified atom stereocenters. The Morgan fingerprint density at radius 2 is 1.85 bits per heavy atom. The molecule has 0 saturated heterocycles. The lowest BCUT2D eigenvalue weighted by molar-refractivity contribution is 0.414. The molecular weight excluding hydrogens is 352 g/mol. The summed E-state index contributed by atoms with van der Waals surface area (Å²) in [6.45, 7) is 5.34. The number of thioether (sulfide) groups is 1. The first-order valence-electron chi connectivity index (χ1n) is 9.55. The predicted molar refractivity (Wildman–Crippen MR) is 113 cm³/mol. The monoisotopic (exact) mass is 378 g/mol. The molecule has 0 fully saturated rings. The molecule has 4 rings (SSSR count). The lowest BCUT2D eigenvalue weighted by Gasteiger charge is -2.29. The minimum atomic E-state index is 0.281. The largest absolute Gasteiger partial charge is 0.497 e. The Bertz CT molecular complexity index is 916. The fraction of sp³-hybridized carbons (Fsp3) is 0.304. The smallest absolute Gasteiger partial charge is 0.118 e. The highest BCUT2D eigenvalue weighted by Gasteiger charge is 2.28. The van der Waals surface area contributed by atoms with Gasteiger partial charge in [0.25, 0.3) is 0 Å². The Morgan fingerprint density at radius 1 is 1.07 bits per heavy atom. The van der Waals surface area contributed by atoms with Crippen LogP contribution in [0.25, 0.3) is 5.69 Å². The highest BCUT2D eigenvalue weighted by atomic mass is 32.2. The van der Waals surface area contributed by atoms with Gasteiger partial charge in [-0.05, 0) is 55.3 Å². The van der Waals surface area contributed by atoms with Gasteiger partial charge in [0.15, 0.2) is 0 Å². The maximum Gasteiger partial charge on any atom is 0.118 e. The molecule has 1 aromatic heterocycles. The summed E-state index contributed by atoms with van der Waals surface area (Å²) < 4.78 is 7.77. The maximum atomic E-state index is 5.33. The van der Waals surface area contributed by atoms with E-state index in [-0.39, 0.29) is 5.25 Å². The van der Waals surface area contributed by atoms with Crippen LogP contribution in [0.15, 0.2) is 65.6 Å². The third-order valence-corrected chi connectivity index (χ3v) is 6.62. The maximum absolute atomic E-state index is 5.33. The zero-order valence-corrected chi connectivity index (χ0v) is 16.9. The molecular formula is C23H26N2OS. The van der Waals surface area contributed by atoms with Crippen LogP contribution in [0.2, 0.25) is 0 Å². The van der Waals surface area contributed by atoms with E-state index in [1.54, 1.807) is 7.11 Å². The van der Waals surface area contributed by atoms with Crippen LogP contribution in [-0.4, -0.2) is 17.7 Å². The average molecular weight is 379 g/mol. The molecule has 0 saturated carbocycles. The van der Waals surface area contributed by atoms with Crippen LogP contribution in [0.3, 0.4) is 0 Å². The second-order valence-corrected chi connectivity index (χ2v) is 8.16. The zero-order valence-electron chi connectivity index (χ0n) is 16.1. The number of benzene rings is 2. The summed E-state index contributed by atoms with van der Waals surface area (Å²) in [5, 5.41) is 3.92.